The number of aromatic nitrogens is 2. The van der Waals surface area contributed by atoms with Gasteiger partial charge in [0.1, 0.15) is 5.82 Å². The van der Waals surface area contributed by atoms with Gasteiger partial charge in [-0.15, -0.1) is 11.8 Å². The van der Waals surface area contributed by atoms with E-state index >= 15 is 0 Å². The van der Waals surface area contributed by atoms with Gasteiger partial charge in [-0.3, -0.25) is 4.79 Å². The van der Waals surface area contributed by atoms with E-state index in [-0.39, 0.29) is 11.2 Å². The molecule has 4 nitrogen and oxygen atoms in total. The molecular formula is C22H23N3OS. The average molecular weight is 378 g/mol. The summed E-state index contributed by atoms with van der Waals surface area (Å²) < 4.78 is 1.87. The molecule has 1 aliphatic heterocycles. The molecule has 1 aromatic heterocycles. The molecular weight excluding hydrogens is 354 g/mol. The van der Waals surface area contributed by atoms with Crippen molar-refractivity contribution < 1.29 is 4.79 Å². The van der Waals surface area contributed by atoms with E-state index in [4.69, 9.17) is 5.10 Å². The number of thioether (sulfide) groups is 1. The molecule has 0 spiro atoms. The Hall–Kier alpha value is -2.53. The standard InChI is InChI=1S/C22H23N3OS/c1-13-6-9-17(10-7-13)25-22-20(16(4)24-25)21(27-12-19(26)23-22)18-11-14(2)5-8-15(18)3/h5-11,21H,12H2,1-4H3,(H,23,26)/t21-/m1/s1. The van der Waals surface area contributed by atoms with E-state index in [0.29, 0.717) is 5.75 Å². The van der Waals surface area contributed by atoms with Crippen LogP contribution in [0.1, 0.15) is 38.8 Å². The summed E-state index contributed by atoms with van der Waals surface area (Å²) in [4.78, 5) is 12.4. The number of anilines is 1. The molecule has 0 fully saturated rings. The molecule has 0 saturated heterocycles. The van der Waals surface area contributed by atoms with Crippen molar-refractivity contribution in [3.05, 3.63) is 76.0 Å². The summed E-state index contributed by atoms with van der Waals surface area (Å²) in [6.07, 6.45) is 0. The van der Waals surface area contributed by atoms with Gasteiger partial charge in [-0.1, -0.05) is 41.5 Å². The molecule has 138 valence electrons. The normalized spacial score (nSPS) is 16.6. The van der Waals surface area contributed by atoms with Crippen molar-refractivity contribution in [2.24, 2.45) is 0 Å². The number of hydrogen-bond acceptors (Lipinski definition) is 3. The Bertz CT molecular complexity index is 1020. The van der Waals surface area contributed by atoms with Crippen molar-refractivity contribution in [2.75, 3.05) is 11.1 Å². The van der Waals surface area contributed by atoms with Gasteiger partial charge in [0.15, 0.2) is 0 Å². The summed E-state index contributed by atoms with van der Waals surface area (Å²) in [6.45, 7) is 8.33. The predicted molar refractivity (Wildman–Crippen MR) is 112 cm³/mol. The second kappa shape index (κ2) is 6.89. The lowest BCUT2D eigenvalue weighted by atomic mass is 9.98. The monoisotopic (exact) mass is 377 g/mol. The lowest BCUT2D eigenvalue weighted by Gasteiger charge is -2.18. The van der Waals surface area contributed by atoms with Gasteiger partial charge in [0.25, 0.3) is 0 Å². The van der Waals surface area contributed by atoms with Crippen molar-refractivity contribution in [1.29, 1.82) is 0 Å². The fourth-order valence-electron chi connectivity index (χ4n) is 3.54. The van der Waals surface area contributed by atoms with E-state index in [2.05, 4.69) is 56.4 Å². The van der Waals surface area contributed by atoms with Crippen LogP contribution < -0.4 is 5.32 Å². The molecule has 0 bridgehead atoms. The van der Waals surface area contributed by atoms with E-state index in [1.807, 2.05) is 23.7 Å². The van der Waals surface area contributed by atoms with Crippen LogP contribution in [0.3, 0.4) is 0 Å². The molecule has 2 heterocycles. The van der Waals surface area contributed by atoms with Gasteiger partial charge in [-0.2, -0.15) is 5.10 Å². The first-order valence-corrected chi connectivity index (χ1v) is 10.1. The Morgan fingerprint density at radius 3 is 2.48 bits per heavy atom. The van der Waals surface area contributed by atoms with Crippen LogP contribution in [0.4, 0.5) is 5.82 Å². The largest absolute Gasteiger partial charge is 0.310 e. The zero-order valence-corrected chi connectivity index (χ0v) is 16.9. The molecule has 3 aromatic rings. The van der Waals surface area contributed by atoms with E-state index in [9.17, 15) is 4.79 Å². The summed E-state index contributed by atoms with van der Waals surface area (Å²) in [7, 11) is 0. The minimum Gasteiger partial charge on any atom is -0.310 e. The van der Waals surface area contributed by atoms with Gasteiger partial charge in [0.2, 0.25) is 5.91 Å². The van der Waals surface area contributed by atoms with Gasteiger partial charge in [-0.25, -0.2) is 4.68 Å². The second-order valence-electron chi connectivity index (χ2n) is 7.19. The Kier molecular flexibility index (Phi) is 4.56. The molecule has 1 amide bonds. The predicted octanol–water partition coefficient (Wildman–Crippen LogP) is 4.88. The Morgan fingerprint density at radius 1 is 1.04 bits per heavy atom. The first kappa shape index (κ1) is 17.9. The first-order valence-electron chi connectivity index (χ1n) is 9.09. The molecule has 0 radical (unpaired) electrons. The number of nitrogens with zero attached hydrogens (tertiary/aromatic N) is 2. The minimum absolute atomic E-state index is 0.0160. The Labute approximate surface area is 164 Å². The van der Waals surface area contributed by atoms with Crippen molar-refractivity contribution in [2.45, 2.75) is 32.9 Å². The maximum absolute atomic E-state index is 12.4. The van der Waals surface area contributed by atoms with Crippen LogP contribution in [-0.4, -0.2) is 21.4 Å². The quantitative estimate of drug-likeness (QED) is 0.692. The van der Waals surface area contributed by atoms with Gasteiger partial charge in [-0.05, 0) is 51.0 Å². The summed E-state index contributed by atoms with van der Waals surface area (Å²) in [5, 5.41) is 7.97. The molecule has 4 rings (SSSR count). The second-order valence-corrected chi connectivity index (χ2v) is 8.29. The SMILES string of the molecule is Cc1ccc(-n2nc(C)c3c2NC(=O)CS[C@@H]3c2cc(C)ccc2C)cc1. The zero-order valence-electron chi connectivity index (χ0n) is 16.0. The molecule has 1 aliphatic rings. The van der Waals surface area contributed by atoms with Gasteiger partial charge in [0.05, 0.1) is 22.4 Å². The number of fused-ring (bicyclic) bond motifs is 1. The molecule has 0 aliphatic carbocycles. The van der Waals surface area contributed by atoms with Gasteiger partial charge in [0, 0.05) is 5.56 Å². The van der Waals surface area contributed by atoms with Crippen LogP contribution in [0, 0.1) is 27.7 Å². The highest BCUT2D eigenvalue weighted by atomic mass is 32.2. The van der Waals surface area contributed by atoms with Gasteiger partial charge >= 0.3 is 0 Å². The summed E-state index contributed by atoms with van der Waals surface area (Å²) in [6, 6.07) is 14.7. The highest BCUT2D eigenvalue weighted by molar-refractivity contribution is 8.00. The molecule has 1 atom stereocenters. The lowest BCUT2D eigenvalue weighted by molar-refractivity contribution is -0.113. The van der Waals surface area contributed by atoms with Crippen LogP contribution in [0.5, 0.6) is 0 Å². The summed E-state index contributed by atoms with van der Waals surface area (Å²) >= 11 is 1.67. The van der Waals surface area contributed by atoms with E-state index in [0.717, 1.165) is 22.8 Å². The smallest absolute Gasteiger partial charge is 0.235 e. The number of nitrogens with one attached hydrogen (secondary N) is 1. The molecule has 2 aromatic carbocycles. The Balaban J connectivity index is 1.91. The van der Waals surface area contributed by atoms with Crippen LogP contribution >= 0.6 is 11.8 Å². The lowest BCUT2D eigenvalue weighted by Crippen LogP contribution is -2.15. The van der Waals surface area contributed by atoms with Crippen LogP contribution in [0.15, 0.2) is 42.5 Å². The number of carbonyl (C=O) groups excluding carboxylic acids is 1. The fourth-order valence-corrected chi connectivity index (χ4v) is 4.82. The molecule has 1 N–H and O–H groups in total. The van der Waals surface area contributed by atoms with Crippen LogP contribution in [0.2, 0.25) is 0 Å². The summed E-state index contributed by atoms with van der Waals surface area (Å²) in [5.74, 6) is 1.24. The number of aryl methyl sites for hydroxylation is 4. The topological polar surface area (TPSA) is 46.9 Å². The zero-order chi connectivity index (χ0) is 19.1. The van der Waals surface area contributed by atoms with Crippen molar-refractivity contribution >= 4 is 23.5 Å². The van der Waals surface area contributed by atoms with Crippen LogP contribution in [0.25, 0.3) is 5.69 Å². The average Bonchev–Trinajstić information content (AvgIpc) is 2.84. The fraction of sp³-hybridized carbons (Fsp3) is 0.273. The van der Waals surface area contributed by atoms with E-state index in [1.54, 1.807) is 11.8 Å². The third kappa shape index (κ3) is 3.28. The third-order valence-electron chi connectivity index (χ3n) is 5.00. The number of rotatable bonds is 2. The summed E-state index contributed by atoms with van der Waals surface area (Å²) in [5.41, 5.74) is 7.92. The maximum atomic E-state index is 12.4. The van der Waals surface area contributed by atoms with E-state index in [1.165, 1.54) is 22.3 Å². The maximum Gasteiger partial charge on any atom is 0.235 e. The molecule has 5 heteroatoms. The third-order valence-corrected chi connectivity index (χ3v) is 6.26. The number of amides is 1. The highest BCUT2D eigenvalue weighted by Crippen LogP contribution is 2.44. The Morgan fingerprint density at radius 2 is 1.74 bits per heavy atom. The number of hydrogen-bond donors (Lipinski definition) is 1. The highest BCUT2D eigenvalue weighted by Gasteiger charge is 2.31. The first-order chi connectivity index (χ1) is 12.9. The molecule has 0 saturated carbocycles. The van der Waals surface area contributed by atoms with Crippen molar-refractivity contribution in [3.63, 3.8) is 0 Å². The van der Waals surface area contributed by atoms with Crippen LogP contribution in [-0.2, 0) is 4.79 Å². The van der Waals surface area contributed by atoms with E-state index < -0.39 is 0 Å². The van der Waals surface area contributed by atoms with Crippen molar-refractivity contribution in [3.8, 4) is 5.69 Å². The molecule has 0 unspecified atom stereocenters. The minimum atomic E-state index is 0.0160. The van der Waals surface area contributed by atoms with Gasteiger partial charge < -0.3 is 5.32 Å². The molecule has 27 heavy (non-hydrogen) atoms. The number of benzene rings is 2. The van der Waals surface area contributed by atoms with Crippen molar-refractivity contribution in [1.82, 2.24) is 9.78 Å². The number of carbonyl (C=O) groups is 1.